The molecule has 1 fully saturated rings. The summed E-state index contributed by atoms with van der Waals surface area (Å²) < 4.78 is 2.08. The van der Waals surface area contributed by atoms with E-state index in [2.05, 4.69) is 67.2 Å². The molecule has 0 spiro atoms. The number of nitrogens with one attached hydrogen (secondary N) is 1. The van der Waals surface area contributed by atoms with Crippen molar-refractivity contribution in [3.05, 3.63) is 72.8 Å². The summed E-state index contributed by atoms with van der Waals surface area (Å²) >= 11 is 0. The van der Waals surface area contributed by atoms with Gasteiger partial charge in [0.2, 0.25) is 5.95 Å². The van der Waals surface area contributed by atoms with Crippen molar-refractivity contribution < 1.29 is 0 Å². The number of nitrogens with zero attached hydrogens (tertiary/aromatic N) is 4. The van der Waals surface area contributed by atoms with Crippen molar-refractivity contribution in [3.8, 4) is 5.95 Å². The lowest BCUT2D eigenvalue weighted by molar-refractivity contribution is 0.205. The molecule has 2 aromatic heterocycles. The first-order valence-corrected chi connectivity index (χ1v) is 8.86. The van der Waals surface area contributed by atoms with E-state index in [1.807, 2.05) is 12.3 Å². The summed E-state index contributed by atoms with van der Waals surface area (Å²) in [6.45, 7) is 3.10. The Morgan fingerprint density at radius 2 is 1.84 bits per heavy atom. The van der Waals surface area contributed by atoms with E-state index in [9.17, 15) is 0 Å². The number of hydrogen-bond acceptors (Lipinski definition) is 4. The zero-order chi connectivity index (χ0) is 16.9. The monoisotopic (exact) mass is 333 g/mol. The zero-order valence-corrected chi connectivity index (χ0v) is 14.3. The average Bonchev–Trinajstić information content (AvgIpc) is 3.12. The van der Waals surface area contributed by atoms with Crippen LogP contribution in [0.5, 0.6) is 0 Å². The van der Waals surface area contributed by atoms with Gasteiger partial charge in [0.05, 0.1) is 0 Å². The van der Waals surface area contributed by atoms with E-state index in [1.165, 1.54) is 24.2 Å². The maximum atomic E-state index is 4.37. The molecule has 1 saturated heterocycles. The Kier molecular flexibility index (Phi) is 4.74. The lowest BCUT2D eigenvalue weighted by Crippen LogP contribution is -2.41. The molecule has 4 rings (SSSR count). The van der Waals surface area contributed by atoms with Crippen LogP contribution in [0.2, 0.25) is 0 Å². The predicted molar refractivity (Wildman–Crippen MR) is 99.7 cm³/mol. The highest BCUT2D eigenvalue weighted by Gasteiger charge is 2.21. The van der Waals surface area contributed by atoms with Crippen molar-refractivity contribution in [1.29, 1.82) is 0 Å². The molecule has 0 bridgehead atoms. The van der Waals surface area contributed by atoms with Crippen LogP contribution >= 0.6 is 0 Å². The number of para-hydroxylation sites is 1. The van der Waals surface area contributed by atoms with Crippen LogP contribution in [0.1, 0.15) is 18.5 Å². The van der Waals surface area contributed by atoms with Gasteiger partial charge in [0, 0.05) is 49.1 Å². The molecule has 1 atom stereocenters. The first-order valence-electron chi connectivity index (χ1n) is 8.86. The molecule has 3 heterocycles. The SMILES string of the molecule is c1ccc(NC2CCCN(Cc3cccn3-c3ncccn3)C2)cc1. The number of likely N-dealkylation sites (tertiary alicyclic amines) is 1. The molecule has 5 heteroatoms. The predicted octanol–water partition coefficient (Wildman–Crippen LogP) is 3.34. The van der Waals surface area contributed by atoms with E-state index in [4.69, 9.17) is 0 Å². The molecule has 0 radical (unpaired) electrons. The Bertz CT molecular complexity index is 784. The molecule has 1 N–H and O–H groups in total. The zero-order valence-electron chi connectivity index (χ0n) is 14.3. The number of piperidine rings is 1. The average molecular weight is 333 g/mol. The Labute approximate surface area is 148 Å². The third-order valence-corrected chi connectivity index (χ3v) is 4.64. The topological polar surface area (TPSA) is 46.0 Å². The third kappa shape index (κ3) is 3.88. The number of anilines is 1. The van der Waals surface area contributed by atoms with Gasteiger partial charge < -0.3 is 5.32 Å². The lowest BCUT2D eigenvalue weighted by atomic mass is 10.0. The molecule has 3 aromatic rings. The third-order valence-electron chi connectivity index (χ3n) is 4.64. The molecular weight excluding hydrogens is 310 g/mol. The van der Waals surface area contributed by atoms with Gasteiger partial charge in [-0.1, -0.05) is 18.2 Å². The molecule has 5 nitrogen and oxygen atoms in total. The van der Waals surface area contributed by atoms with Gasteiger partial charge >= 0.3 is 0 Å². The fourth-order valence-corrected chi connectivity index (χ4v) is 3.47. The van der Waals surface area contributed by atoms with Crippen molar-refractivity contribution in [1.82, 2.24) is 19.4 Å². The first-order chi connectivity index (χ1) is 12.4. The summed E-state index contributed by atoms with van der Waals surface area (Å²) in [6, 6.07) is 17.0. The molecule has 0 amide bonds. The van der Waals surface area contributed by atoms with Crippen molar-refractivity contribution in [2.24, 2.45) is 0 Å². The number of benzene rings is 1. The standard InChI is InChI=1S/C20H23N5/c1-2-7-17(8-3-1)23-18-9-4-13-24(15-18)16-19-10-5-14-25(19)20-21-11-6-12-22-20/h1-3,5-8,10-12,14,18,23H,4,9,13,15-16H2. The molecule has 1 unspecified atom stereocenters. The molecule has 0 saturated carbocycles. The van der Waals surface area contributed by atoms with Crippen LogP contribution in [0.3, 0.4) is 0 Å². The van der Waals surface area contributed by atoms with Gasteiger partial charge in [-0.15, -0.1) is 0 Å². The summed E-state index contributed by atoms with van der Waals surface area (Å²) in [5.41, 5.74) is 2.43. The molecular formula is C20H23N5. The Hall–Kier alpha value is -2.66. The summed E-state index contributed by atoms with van der Waals surface area (Å²) in [6.07, 6.45) is 8.04. The first kappa shape index (κ1) is 15.8. The second kappa shape index (κ2) is 7.49. The Morgan fingerprint density at radius 1 is 1.00 bits per heavy atom. The number of aromatic nitrogens is 3. The van der Waals surface area contributed by atoms with Crippen LogP contribution < -0.4 is 5.32 Å². The second-order valence-electron chi connectivity index (χ2n) is 6.50. The highest BCUT2D eigenvalue weighted by molar-refractivity contribution is 5.43. The van der Waals surface area contributed by atoms with E-state index in [1.54, 1.807) is 12.4 Å². The minimum absolute atomic E-state index is 0.493. The van der Waals surface area contributed by atoms with Gasteiger partial charge in [0.15, 0.2) is 0 Å². The van der Waals surface area contributed by atoms with E-state index in [0.717, 1.165) is 25.6 Å². The maximum Gasteiger partial charge on any atom is 0.233 e. The van der Waals surface area contributed by atoms with Crippen LogP contribution in [-0.4, -0.2) is 38.6 Å². The molecule has 25 heavy (non-hydrogen) atoms. The van der Waals surface area contributed by atoms with Gasteiger partial charge in [0.25, 0.3) is 0 Å². The van der Waals surface area contributed by atoms with Gasteiger partial charge in [-0.05, 0) is 49.7 Å². The van der Waals surface area contributed by atoms with Crippen molar-refractivity contribution >= 4 is 5.69 Å². The molecule has 1 aliphatic heterocycles. The second-order valence-corrected chi connectivity index (χ2v) is 6.50. The van der Waals surface area contributed by atoms with Crippen molar-refractivity contribution in [2.45, 2.75) is 25.4 Å². The minimum atomic E-state index is 0.493. The fraction of sp³-hybridized carbons (Fsp3) is 0.300. The Morgan fingerprint density at radius 3 is 2.68 bits per heavy atom. The van der Waals surface area contributed by atoms with Crippen LogP contribution in [0.4, 0.5) is 5.69 Å². The Balaban J connectivity index is 1.42. The van der Waals surface area contributed by atoms with E-state index >= 15 is 0 Å². The summed E-state index contributed by atoms with van der Waals surface area (Å²) in [7, 11) is 0. The van der Waals surface area contributed by atoms with Crippen molar-refractivity contribution in [2.75, 3.05) is 18.4 Å². The van der Waals surface area contributed by atoms with Gasteiger partial charge in [-0.25, -0.2) is 9.97 Å². The molecule has 0 aliphatic carbocycles. The van der Waals surface area contributed by atoms with Crippen LogP contribution in [0.25, 0.3) is 5.95 Å². The number of rotatable bonds is 5. The van der Waals surface area contributed by atoms with E-state index in [0.29, 0.717) is 6.04 Å². The smallest absolute Gasteiger partial charge is 0.233 e. The van der Waals surface area contributed by atoms with E-state index in [-0.39, 0.29) is 0 Å². The highest BCUT2D eigenvalue weighted by Crippen LogP contribution is 2.19. The highest BCUT2D eigenvalue weighted by atomic mass is 15.2. The minimum Gasteiger partial charge on any atom is -0.381 e. The van der Waals surface area contributed by atoms with Crippen LogP contribution in [0, 0.1) is 0 Å². The molecule has 1 aromatic carbocycles. The van der Waals surface area contributed by atoms with Gasteiger partial charge in [0.1, 0.15) is 0 Å². The maximum absolute atomic E-state index is 4.37. The van der Waals surface area contributed by atoms with Crippen LogP contribution in [-0.2, 0) is 6.54 Å². The molecule has 1 aliphatic rings. The fourth-order valence-electron chi connectivity index (χ4n) is 3.47. The summed E-state index contributed by atoms with van der Waals surface area (Å²) in [5, 5.41) is 3.66. The summed E-state index contributed by atoms with van der Waals surface area (Å²) in [5.74, 6) is 0.735. The molecule has 128 valence electrons. The van der Waals surface area contributed by atoms with Gasteiger partial charge in [-0.3, -0.25) is 9.47 Å². The lowest BCUT2D eigenvalue weighted by Gasteiger charge is -2.33. The van der Waals surface area contributed by atoms with Gasteiger partial charge in [-0.2, -0.15) is 0 Å². The van der Waals surface area contributed by atoms with Crippen LogP contribution in [0.15, 0.2) is 67.1 Å². The normalized spacial score (nSPS) is 18.2. The van der Waals surface area contributed by atoms with Crippen molar-refractivity contribution in [3.63, 3.8) is 0 Å². The van der Waals surface area contributed by atoms with E-state index < -0.39 is 0 Å². The quantitative estimate of drug-likeness (QED) is 0.778. The number of hydrogen-bond donors (Lipinski definition) is 1. The summed E-state index contributed by atoms with van der Waals surface area (Å²) in [4.78, 5) is 11.2. The largest absolute Gasteiger partial charge is 0.381 e.